The van der Waals surface area contributed by atoms with E-state index in [1.807, 2.05) is 0 Å². The molecule has 0 spiro atoms. The first-order valence-corrected chi connectivity index (χ1v) is 4.91. The van der Waals surface area contributed by atoms with Crippen LogP contribution in [0.15, 0.2) is 30.5 Å². The number of aromatic nitrogens is 2. The summed E-state index contributed by atoms with van der Waals surface area (Å²) in [6.07, 6.45) is -1.50. The van der Waals surface area contributed by atoms with Crippen LogP contribution in [0.4, 0.5) is 18.9 Å². The molecule has 17 heavy (non-hydrogen) atoms. The van der Waals surface area contributed by atoms with Gasteiger partial charge in [0.1, 0.15) is 11.5 Å². The molecule has 6 heteroatoms. The molecule has 0 bridgehead atoms. The van der Waals surface area contributed by atoms with Gasteiger partial charge in [0.2, 0.25) is 0 Å². The Morgan fingerprint density at radius 3 is 2.47 bits per heavy atom. The third kappa shape index (κ3) is 2.41. The third-order valence-electron chi connectivity index (χ3n) is 2.36. The number of hydrogen-bond donors (Lipinski definition) is 1. The molecule has 0 saturated heterocycles. The molecule has 0 fully saturated rings. The Labute approximate surface area is 95.7 Å². The fourth-order valence-electron chi connectivity index (χ4n) is 1.54. The lowest BCUT2D eigenvalue weighted by atomic mass is 10.2. The maximum Gasteiger partial charge on any atom is 0.282 e. The Morgan fingerprint density at radius 1 is 1.24 bits per heavy atom. The molecule has 1 aromatic carbocycles. The minimum atomic E-state index is -2.68. The van der Waals surface area contributed by atoms with Crippen molar-refractivity contribution in [2.75, 3.05) is 5.73 Å². The zero-order valence-corrected chi connectivity index (χ0v) is 8.78. The summed E-state index contributed by atoms with van der Waals surface area (Å²) in [5.41, 5.74) is 5.72. The number of anilines is 1. The number of rotatable bonds is 3. The summed E-state index contributed by atoms with van der Waals surface area (Å²) in [6, 6.07) is 5.57. The van der Waals surface area contributed by atoms with Crippen molar-refractivity contribution in [3.63, 3.8) is 0 Å². The molecule has 0 aliphatic heterocycles. The Morgan fingerprint density at radius 2 is 1.88 bits per heavy atom. The summed E-state index contributed by atoms with van der Waals surface area (Å²) in [4.78, 5) is 0. The van der Waals surface area contributed by atoms with E-state index in [-0.39, 0.29) is 23.7 Å². The Kier molecular flexibility index (Phi) is 3.03. The smallest absolute Gasteiger partial charge is 0.282 e. The van der Waals surface area contributed by atoms with E-state index in [0.29, 0.717) is 5.56 Å². The van der Waals surface area contributed by atoms with Crippen molar-refractivity contribution in [1.29, 1.82) is 0 Å². The van der Waals surface area contributed by atoms with E-state index in [2.05, 4.69) is 5.10 Å². The molecule has 3 nitrogen and oxygen atoms in total. The predicted molar refractivity (Wildman–Crippen MR) is 57.1 cm³/mol. The topological polar surface area (TPSA) is 43.8 Å². The zero-order valence-electron chi connectivity index (χ0n) is 8.78. The fraction of sp³-hybridized carbons (Fsp3) is 0.182. The van der Waals surface area contributed by atoms with Crippen molar-refractivity contribution >= 4 is 5.69 Å². The number of nitrogens with zero attached hydrogens (tertiary/aromatic N) is 2. The third-order valence-corrected chi connectivity index (χ3v) is 2.36. The summed E-state index contributed by atoms with van der Waals surface area (Å²) in [7, 11) is 0. The molecule has 0 unspecified atom stereocenters. The molecule has 0 amide bonds. The molecule has 2 aromatic rings. The molecule has 0 aliphatic carbocycles. The highest BCUT2D eigenvalue weighted by Crippen LogP contribution is 2.25. The van der Waals surface area contributed by atoms with Crippen molar-refractivity contribution in [1.82, 2.24) is 9.78 Å². The second kappa shape index (κ2) is 4.48. The number of halogens is 3. The fourth-order valence-corrected chi connectivity index (χ4v) is 1.54. The largest absolute Gasteiger partial charge is 0.396 e. The molecule has 2 N–H and O–H groups in total. The molecule has 1 heterocycles. The maximum atomic E-state index is 12.7. The standard InChI is InChI=1S/C11H10F3N3/c12-8-3-1-7(2-4-8)6-17-10(11(13)14)9(15)5-16-17/h1-5,11H,6,15H2. The molecule has 1 aromatic heterocycles. The lowest BCUT2D eigenvalue weighted by molar-refractivity contribution is 0.140. The van der Waals surface area contributed by atoms with Gasteiger partial charge < -0.3 is 5.73 Å². The number of hydrogen-bond acceptors (Lipinski definition) is 2. The Balaban J connectivity index is 2.27. The predicted octanol–water partition coefficient (Wildman–Crippen LogP) is 2.59. The van der Waals surface area contributed by atoms with Crippen LogP contribution in [0.1, 0.15) is 17.7 Å². The summed E-state index contributed by atoms with van der Waals surface area (Å²) < 4.78 is 39.2. The van der Waals surface area contributed by atoms with Crippen LogP contribution < -0.4 is 5.73 Å². The van der Waals surface area contributed by atoms with E-state index in [0.717, 1.165) is 4.68 Å². The monoisotopic (exact) mass is 241 g/mol. The van der Waals surface area contributed by atoms with Crippen LogP contribution in [0, 0.1) is 5.82 Å². The molecule has 0 aliphatic rings. The Bertz CT molecular complexity index is 505. The van der Waals surface area contributed by atoms with Gasteiger partial charge in [0, 0.05) is 0 Å². The quantitative estimate of drug-likeness (QED) is 0.897. The van der Waals surface area contributed by atoms with Crippen LogP contribution >= 0.6 is 0 Å². The summed E-state index contributed by atoms with van der Waals surface area (Å²) in [6.45, 7) is 0.136. The molecular weight excluding hydrogens is 231 g/mol. The van der Waals surface area contributed by atoms with Gasteiger partial charge in [0.05, 0.1) is 18.4 Å². The molecule has 0 radical (unpaired) electrons. The van der Waals surface area contributed by atoms with Gasteiger partial charge in [0.25, 0.3) is 6.43 Å². The second-order valence-electron chi connectivity index (χ2n) is 3.57. The van der Waals surface area contributed by atoms with Crippen molar-refractivity contribution in [3.05, 3.63) is 47.5 Å². The first kappa shape index (κ1) is 11.5. The normalized spacial score (nSPS) is 11.1. The maximum absolute atomic E-state index is 12.7. The van der Waals surface area contributed by atoms with Gasteiger partial charge >= 0.3 is 0 Å². The lowest BCUT2D eigenvalue weighted by Crippen LogP contribution is -2.07. The van der Waals surface area contributed by atoms with Crippen molar-refractivity contribution in [2.24, 2.45) is 0 Å². The average Bonchev–Trinajstić information content (AvgIpc) is 2.63. The highest BCUT2D eigenvalue weighted by Gasteiger charge is 2.18. The van der Waals surface area contributed by atoms with Gasteiger partial charge in [-0.05, 0) is 17.7 Å². The van der Waals surface area contributed by atoms with Crippen LogP contribution in [0.2, 0.25) is 0 Å². The van der Waals surface area contributed by atoms with Gasteiger partial charge in [-0.15, -0.1) is 0 Å². The molecule has 0 atom stereocenters. The van der Waals surface area contributed by atoms with Crippen molar-refractivity contribution in [2.45, 2.75) is 13.0 Å². The summed E-state index contributed by atoms with van der Waals surface area (Å²) >= 11 is 0. The van der Waals surface area contributed by atoms with Gasteiger partial charge in [-0.3, -0.25) is 4.68 Å². The molecule has 2 rings (SSSR count). The number of nitrogen functional groups attached to an aromatic ring is 1. The van der Waals surface area contributed by atoms with E-state index < -0.39 is 6.43 Å². The van der Waals surface area contributed by atoms with Crippen LogP contribution in [-0.4, -0.2) is 9.78 Å². The summed E-state index contributed by atoms with van der Waals surface area (Å²) in [5, 5.41) is 3.77. The van der Waals surface area contributed by atoms with Crippen LogP contribution in [0.3, 0.4) is 0 Å². The van der Waals surface area contributed by atoms with Crippen molar-refractivity contribution in [3.8, 4) is 0 Å². The molecule has 0 saturated carbocycles. The van der Waals surface area contributed by atoms with Gasteiger partial charge in [-0.25, -0.2) is 13.2 Å². The van der Waals surface area contributed by atoms with Gasteiger partial charge in [0.15, 0.2) is 0 Å². The summed E-state index contributed by atoms with van der Waals surface area (Å²) in [5.74, 6) is -0.372. The van der Waals surface area contributed by atoms with Gasteiger partial charge in [-0.1, -0.05) is 12.1 Å². The SMILES string of the molecule is Nc1cnn(Cc2ccc(F)cc2)c1C(F)F. The van der Waals surface area contributed by atoms with Crippen LogP contribution in [0.25, 0.3) is 0 Å². The zero-order chi connectivity index (χ0) is 12.4. The number of benzene rings is 1. The molecule has 90 valence electrons. The van der Waals surface area contributed by atoms with E-state index in [1.54, 1.807) is 0 Å². The minimum Gasteiger partial charge on any atom is -0.396 e. The van der Waals surface area contributed by atoms with E-state index >= 15 is 0 Å². The highest BCUT2D eigenvalue weighted by molar-refractivity contribution is 5.42. The number of alkyl halides is 2. The average molecular weight is 241 g/mol. The first-order valence-electron chi connectivity index (χ1n) is 4.91. The highest BCUT2D eigenvalue weighted by atomic mass is 19.3. The Hall–Kier alpha value is -1.98. The minimum absolute atomic E-state index is 0.0397. The van der Waals surface area contributed by atoms with Gasteiger partial charge in [-0.2, -0.15) is 5.10 Å². The van der Waals surface area contributed by atoms with Crippen LogP contribution in [-0.2, 0) is 6.54 Å². The number of nitrogens with two attached hydrogens (primary N) is 1. The van der Waals surface area contributed by atoms with Crippen molar-refractivity contribution < 1.29 is 13.2 Å². The van der Waals surface area contributed by atoms with E-state index in [4.69, 9.17) is 5.73 Å². The van der Waals surface area contributed by atoms with Crippen LogP contribution in [0.5, 0.6) is 0 Å². The second-order valence-corrected chi connectivity index (χ2v) is 3.57. The van der Waals surface area contributed by atoms with E-state index in [1.165, 1.54) is 30.5 Å². The van der Waals surface area contributed by atoms with E-state index in [9.17, 15) is 13.2 Å². The molecular formula is C11H10F3N3. The lowest BCUT2D eigenvalue weighted by Gasteiger charge is -2.07. The first-order chi connectivity index (χ1) is 8.08.